The molecule has 0 unspecified atom stereocenters. The van der Waals surface area contributed by atoms with Gasteiger partial charge in [-0.2, -0.15) is 0 Å². The van der Waals surface area contributed by atoms with E-state index >= 15 is 0 Å². The second kappa shape index (κ2) is 4.91. The summed E-state index contributed by atoms with van der Waals surface area (Å²) in [6.45, 7) is 0. The van der Waals surface area contributed by atoms with E-state index in [2.05, 4.69) is 48.5 Å². The summed E-state index contributed by atoms with van der Waals surface area (Å²) in [6.07, 6.45) is 1.89. The Kier molecular flexibility index (Phi) is 2.81. The van der Waals surface area contributed by atoms with Crippen LogP contribution in [0.5, 0.6) is 0 Å². The SMILES string of the molecule is O[C@@H]1C=Cc2c(ccc3cc4c(ccc5ccccc54)cc23)[C@H]1O. The van der Waals surface area contributed by atoms with Gasteiger partial charge in [0.15, 0.2) is 0 Å². The van der Waals surface area contributed by atoms with Gasteiger partial charge in [-0.3, -0.25) is 0 Å². The highest BCUT2D eigenvalue weighted by Gasteiger charge is 2.23. The van der Waals surface area contributed by atoms with Gasteiger partial charge in [0.1, 0.15) is 12.2 Å². The average Bonchev–Trinajstić information content (AvgIpc) is 2.63. The molecule has 0 aliphatic heterocycles. The fraction of sp³-hybridized carbons (Fsp3) is 0.0909. The van der Waals surface area contributed by atoms with Crippen molar-refractivity contribution >= 4 is 38.4 Å². The minimum atomic E-state index is -0.860. The minimum Gasteiger partial charge on any atom is -0.386 e. The van der Waals surface area contributed by atoms with Crippen LogP contribution in [0.3, 0.4) is 0 Å². The van der Waals surface area contributed by atoms with Gasteiger partial charge < -0.3 is 10.2 Å². The molecule has 4 aromatic rings. The van der Waals surface area contributed by atoms with Crippen LogP contribution >= 0.6 is 0 Å². The highest BCUT2D eigenvalue weighted by molar-refractivity contribution is 6.13. The molecule has 1 aliphatic rings. The maximum absolute atomic E-state index is 10.2. The lowest BCUT2D eigenvalue weighted by molar-refractivity contribution is 0.0471. The van der Waals surface area contributed by atoms with Crippen molar-refractivity contribution in [1.29, 1.82) is 0 Å². The maximum Gasteiger partial charge on any atom is 0.109 e. The van der Waals surface area contributed by atoms with E-state index < -0.39 is 12.2 Å². The predicted octanol–water partition coefficient (Wildman–Crippen LogP) is 4.57. The van der Waals surface area contributed by atoms with Gasteiger partial charge in [0.25, 0.3) is 0 Å². The number of hydrogen-bond acceptors (Lipinski definition) is 2. The predicted molar refractivity (Wildman–Crippen MR) is 99.0 cm³/mol. The largest absolute Gasteiger partial charge is 0.386 e. The van der Waals surface area contributed by atoms with Gasteiger partial charge in [-0.05, 0) is 55.6 Å². The lowest BCUT2D eigenvalue weighted by Gasteiger charge is -2.23. The number of hydrogen-bond donors (Lipinski definition) is 2. The first-order valence-corrected chi connectivity index (χ1v) is 8.15. The quantitative estimate of drug-likeness (QED) is 0.369. The third kappa shape index (κ3) is 1.84. The molecule has 2 atom stereocenters. The van der Waals surface area contributed by atoms with E-state index in [0.29, 0.717) is 0 Å². The second-order valence-corrected chi connectivity index (χ2v) is 6.44. The molecule has 0 radical (unpaired) electrons. The second-order valence-electron chi connectivity index (χ2n) is 6.44. The molecular weight excluding hydrogens is 296 g/mol. The highest BCUT2D eigenvalue weighted by Crippen LogP contribution is 2.36. The van der Waals surface area contributed by atoms with Crippen LogP contribution < -0.4 is 0 Å². The molecule has 2 heteroatoms. The minimum absolute atomic E-state index is 0.789. The molecule has 0 amide bonds. The van der Waals surface area contributed by atoms with E-state index in [-0.39, 0.29) is 0 Å². The molecule has 0 aromatic heterocycles. The summed E-state index contributed by atoms with van der Waals surface area (Å²) in [5.41, 5.74) is 1.79. The van der Waals surface area contributed by atoms with Crippen molar-refractivity contribution in [3.63, 3.8) is 0 Å². The van der Waals surface area contributed by atoms with Crippen molar-refractivity contribution < 1.29 is 10.2 Å². The first-order valence-electron chi connectivity index (χ1n) is 8.15. The number of fused-ring (bicyclic) bond motifs is 6. The van der Waals surface area contributed by atoms with Gasteiger partial charge in [0, 0.05) is 0 Å². The number of aliphatic hydroxyl groups is 2. The van der Waals surface area contributed by atoms with Gasteiger partial charge in [-0.25, -0.2) is 0 Å². The van der Waals surface area contributed by atoms with Gasteiger partial charge >= 0.3 is 0 Å². The van der Waals surface area contributed by atoms with E-state index in [0.717, 1.165) is 21.9 Å². The number of aliphatic hydroxyl groups excluding tert-OH is 2. The molecule has 24 heavy (non-hydrogen) atoms. The summed E-state index contributed by atoms with van der Waals surface area (Å²) in [6, 6.07) is 21.1. The van der Waals surface area contributed by atoms with E-state index in [9.17, 15) is 10.2 Å². The molecule has 0 saturated carbocycles. The summed E-state index contributed by atoms with van der Waals surface area (Å²) in [7, 11) is 0. The topological polar surface area (TPSA) is 40.5 Å². The molecule has 0 bridgehead atoms. The van der Waals surface area contributed by atoms with Gasteiger partial charge in [-0.1, -0.05) is 60.7 Å². The fourth-order valence-electron chi connectivity index (χ4n) is 3.80. The van der Waals surface area contributed by atoms with E-state index in [1.54, 1.807) is 6.08 Å². The highest BCUT2D eigenvalue weighted by atomic mass is 16.3. The summed E-state index contributed by atoms with van der Waals surface area (Å²) >= 11 is 0. The third-order valence-electron chi connectivity index (χ3n) is 5.06. The Hall–Kier alpha value is -2.68. The van der Waals surface area contributed by atoms with Gasteiger partial charge in [0.05, 0.1) is 0 Å². The number of benzene rings is 4. The van der Waals surface area contributed by atoms with Crippen LogP contribution in [0.4, 0.5) is 0 Å². The van der Waals surface area contributed by atoms with Crippen molar-refractivity contribution in [2.75, 3.05) is 0 Å². The average molecular weight is 312 g/mol. The van der Waals surface area contributed by atoms with Crippen LogP contribution in [0.15, 0.2) is 66.7 Å². The Labute approximate surface area is 139 Å². The molecule has 0 fully saturated rings. The molecule has 5 rings (SSSR count). The molecule has 116 valence electrons. The first-order chi connectivity index (χ1) is 11.7. The molecule has 0 saturated heterocycles. The normalized spacial score (nSPS) is 19.9. The lowest BCUT2D eigenvalue weighted by Crippen LogP contribution is -2.19. The molecule has 1 aliphatic carbocycles. The third-order valence-corrected chi connectivity index (χ3v) is 5.06. The first kappa shape index (κ1) is 13.7. The molecule has 4 aromatic carbocycles. The molecule has 0 heterocycles. The monoisotopic (exact) mass is 312 g/mol. The van der Waals surface area contributed by atoms with Crippen LogP contribution in [0, 0.1) is 0 Å². The zero-order chi connectivity index (χ0) is 16.3. The van der Waals surface area contributed by atoms with Crippen LogP contribution in [0.1, 0.15) is 17.2 Å². The van der Waals surface area contributed by atoms with E-state index in [1.165, 1.54) is 21.5 Å². The zero-order valence-corrected chi connectivity index (χ0v) is 13.0. The summed E-state index contributed by atoms with van der Waals surface area (Å²) in [5.74, 6) is 0. The van der Waals surface area contributed by atoms with Crippen molar-refractivity contribution in [1.82, 2.24) is 0 Å². The zero-order valence-electron chi connectivity index (χ0n) is 13.0. The summed E-state index contributed by atoms with van der Waals surface area (Å²) in [5, 5.41) is 27.3. The number of rotatable bonds is 0. The van der Waals surface area contributed by atoms with Crippen molar-refractivity contribution in [2.24, 2.45) is 0 Å². The van der Waals surface area contributed by atoms with Crippen LogP contribution in [0.25, 0.3) is 38.4 Å². The fourth-order valence-corrected chi connectivity index (χ4v) is 3.80. The summed E-state index contributed by atoms with van der Waals surface area (Å²) < 4.78 is 0. The lowest BCUT2D eigenvalue weighted by atomic mass is 9.87. The van der Waals surface area contributed by atoms with Crippen molar-refractivity contribution in [3.05, 3.63) is 77.9 Å². The Morgan fingerprint density at radius 3 is 2.29 bits per heavy atom. The Morgan fingerprint density at radius 1 is 0.667 bits per heavy atom. The maximum atomic E-state index is 10.2. The smallest absolute Gasteiger partial charge is 0.109 e. The summed E-state index contributed by atoms with van der Waals surface area (Å²) in [4.78, 5) is 0. The van der Waals surface area contributed by atoms with Crippen molar-refractivity contribution in [2.45, 2.75) is 12.2 Å². The molecular formula is C22H16O2. The Balaban J connectivity index is 1.89. The molecule has 2 nitrogen and oxygen atoms in total. The molecule has 2 N–H and O–H groups in total. The van der Waals surface area contributed by atoms with Gasteiger partial charge in [-0.15, -0.1) is 0 Å². The van der Waals surface area contributed by atoms with E-state index in [1.807, 2.05) is 18.2 Å². The van der Waals surface area contributed by atoms with E-state index in [4.69, 9.17) is 0 Å². The Bertz CT molecular complexity index is 1140. The van der Waals surface area contributed by atoms with Crippen molar-refractivity contribution in [3.8, 4) is 0 Å². The van der Waals surface area contributed by atoms with Gasteiger partial charge in [0.2, 0.25) is 0 Å². The van der Waals surface area contributed by atoms with Crippen LogP contribution in [-0.4, -0.2) is 16.3 Å². The van der Waals surface area contributed by atoms with Crippen LogP contribution in [-0.2, 0) is 0 Å². The molecule has 0 spiro atoms. The standard InChI is InChI=1S/C22H16O2/c23-21-10-9-17-18(22(21)24)8-7-15-11-19-14(12-20(15)17)6-5-13-3-1-2-4-16(13)19/h1-12,21-24H/t21-,22-/m1/s1. The van der Waals surface area contributed by atoms with Crippen LogP contribution in [0.2, 0.25) is 0 Å². The Morgan fingerprint density at radius 2 is 1.38 bits per heavy atom.